The van der Waals surface area contributed by atoms with Gasteiger partial charge in [-0.25, -0.2) is 13.1 Å². The minimum absolute atomic E-state index is 0.135. The molecule has 1 aliphatic rings. The third kappa shape index (κ3) is 5.37. The predicted molar refractivity (Wildman–Crippen MR) is 87.7 cm³/mol. The van der Waals surface area contributed by atoms with E-state index in [4.69, 9.17) is 4.74 Å². The Bertz CT molecular complexity index is 677. The van der Waals surface area contributed by atoms with E-state index in [9.17, 15) is 13.2 Å². The van der Waals surface area contributed by atoms with Crippen molar-refractivity contribution in [3.8, 4) is 5.75 Å². The lowest BCUT2D eigenvalue weighted by Gasteiger charge is -2.08. The highest BCUT2D eigenvalue weighted by molar-refractivity contribution is 7.89. The van der Waals surface area contributed by atoms with Gasteiger partial charge in [0.15, 0.2) is 0 Å². The van der Waals surface area contributed by atoms with E-state index >= 15 is 0 Å². The smallest absolute Gasteiger partial charge is 0.243 e. The molecule has 126 valence electrons. The fourth-order valence-electron chi connectivity index (χ4n) is 2.12. The third-order valence-corrected chi connectivity index (χ3v) is 5.14. The molecule has 1 fully saturated rings. The summed E-state index contributed by atoms with van der Waals surface area (Å²) in [6, 6.07) is 6.12. The SMILES string of the molecule is COc1ccc(S(=O)(=O)NCCNC(=O)/C=C(\C)C2CC2)cc1. The van der Waals surface area contributed by atoms with Gasteiger partial charge in [0.1, 0.15) is 5.75 Å². The molecular weight excluding hydrogens is 316 g/mol. The van der Waals surface area contributed by atoms with Crippen LogP contribution in [0.1, 0.15) is 19.8 Å². The Kier molecular flexibility index (Phi) is 5.79. The summed E-state index contributed by atoms with van der Waals surface area (Å²) in [5.41, 5.74) is 1.08. The molecule has 6 nitrogen and oxygen atoms in total. The normalized spacial score (nSPS) is 15.3. The van der Waals surface area contributed by atoms with Crippen LogP contribution in [0.3, 0.4) is 0 Å². The maximum atomic E-state index is 12.1. The van der Waals surface area contributed by atoms with Gasteiger partial charge in [-0.15, -0.1) is 0 Å². The number of carbonyl (C=O) groups is 1. The largest absolute Gasteiger partial charge is 0.497 e. The van der Waals surface area contributed by atoms with Crippen LogP contribution in [-0.2, 0) is 14.8 Å². The maximum absolute atomic E-state index is 12.1. The summed E-state index contributed by atoms with van der Waals surface area (Å²) in [4.78, 5) is 11.8. The molecule has 0 saturated heterocycles. The lowest BCUT2D eigenvalue weighted by Crippen LogP contribution is -2.34. The summed E-state index contributed by atoms with van der Waals surface area (Å²) in [5.74, 6) is 0.960. The zero-order chi connectivity index (χ0) is 16.9. The highest BCUT2D eigenvalue weighted by Crippen LogP contribution is 2.35. The Balaban J connectivity index is 1.77. The Morgan fingerprint density at radius 1 is 1.26 bits per heavy atom. The van der Waals surface area contributed by atoms with Gasteiger partial charge in [-0.2, -0.15) is 0 Å². The van der Waals surface area contributed by atoms with Gasteiger partial charge in [0.25, 0.3) is 0 Å². The topological polar surface area (TPSA) is 84.5 Å². The monoisotopic (exact) mass is 338 g/mol. The Hall–Kier alpha value is -1.86. The second kappa shape index (κ2) is 7.61. The minimum Gasteiger partial charge on any atom is -0.497 e. The first-order chi connectivity index (χ1) is 10.9. The van der Waals surface area contributed by atoms with Gasteiger partial charge < -0.3 is 10.1 Å². The van der Waals surface area contributed by atoms with E-state index in [1.54, 1.807) is 18.2 Å². The van der Waals surface area contributed by atoms with Crippen LogP contribution in [0.5, 0.6) is 5.75 Å². The first-order valence-electron chi connectivity index (χ1n) is 7.52. The van der Waals surface area contributed by atoms with E-state index in [-0.39, 0.29) is 23.9 Å². The van der Waals surface area contributed by atoms with Crippen molar-refractivity contribution in [1.29, 1.82) is 0 Å². The van der Waals surface area contributed by atoms with Gasteiger partial charge in [-0.1, -0.05) is 5.57 Å². The molecule has 23 heavy (non-hydrogen) atoms. The summed E-state index contributed by atoms with van der Waals surface area (Å²) < 4.78 is 31.6. The highest BCUT2D eigenvalue weighted by Gasteiger charge is 2.23. The summed E-state index contributed by atoms with van der Waals surface area (Å²) in [5, 5.41) is 2.68. The van der Waals surface area contributed by atoms with Crippen LogP contribution < -0.4 is 14.8 Å². The fraction of sp³-hybridized carbons (Fsp3) is 0.438. The van der Waals surface area contributed by atoms with Crippen LogP contribution in [0, 0.1) is 5.92 Å². The number of benzene rings is 1. The van der Waals surface area contributed by atoms with Gasteiger partial charge in [-0.3, -0.25) is 4.79 Å². The van der Waals surface area contributed by atoms with Crippen molar-refractivity contribution in [3.63, 3.8) is 0 Å². The molecule has 1 amide bonds. The average Bonchev–Trinajstić information content (AvgIpc) is 3.36. The minimum atomic E-state index is -3.58. The van der Waals surface area contributed by atoms with Gasteiger partial charge in [-0.05, 0) is 49.9 Å². The lowest BCUT2D eigenvalue weighted by atomic mass is 10.2. The molecule has 1 aromatic carbocycles. The number of rotatable bonds is 8. The summed E-state index contributed by atoms with van der Waals surface area (Å²) in [7, 11) is -2.06. The molecule has 1 aromatic rings. The van der Waals surface area contributed by atoms with Crippen molar-refractivity contribution in [2.75, 3.05) is 20.2 Å². The van der Waals surface area contributed by atoms with E-state index in [0.717, 1.165) is 18.4 Å². The zero-order valence-corrected chi connectivity index (χ0v) is 14.2. The second-order valence-electron chi connectivity index (χ2n) is 5.53. The van der Waals surface area contributed by atoms with Crippen LogP contribution in [0.15, 0.2) is 40.8 Å². The van der Waals surface area contributed by atoms with Gasteiger partial charge in [0.05, 0.1) is 12.0 Å². The van der Waals surface area contributed by atoms with Crippen molar-refractivity contribution < 1.29 is 17.9 Å². The van der Waals surface area contributed by atoms with Crippen molar-refractivity contribution in [1.82, 2.24) is 10.0 Å². The van der Waals surface area contributed by atoms with Gasteiger partial charge >= 0.3 is 0 Å². The van der Waals surface area contributed by atoms with Crippen LogP contribution in [0.25, 0.3) is 0 Å². The van der Waals surface area contributed by atoms with Crippen molar-refractivity contribution in [2.24, 2.45) is 5.92 Å². The molecule has 2 N–H and O–H groups in total. The third-order valence-electron chi connectivity index (χ3n) is 3.67. The van der Waals surface area contributed by atoms with Crippen LogP contribution in [-0.4, -0.2) is 34.5 Å². The standard InChI is InChI=1S/C16H22N2O4S/c1-12(13-3-4-13)11-16(19)17-9-10-18-23(20,21)15-7-5-14(22-2)6-8-15/h5-8,11,13,18H,3-4,9-10H2,1-2H3,(H,17,19)/b12-11+. The molecule has 0 heterocycles. The molecule has 0 aliphatic heterocycles. The molecule has 1 saturated carbocycles. The van der Waals surface area contributed by atoms with Gasteiger partial charge in [0, 0.05) is 19.2 Å². The molecule has 7 heteroatoms. The molecule has 0 bridgehead atoms. The molecule has 0 aromatic heterocycles. The Morgan fingerprint density at radius 3 is 2.48 bits per heavy atom. The molecule has 2 rings (SSSR count). The van der Waals surface area contributed by atoms with E-state index in [0.29, 0.717) is 11.7 Å². The van der Waals surface area contributed by atoms with Crippen molar-refractivity contribution in [2.45, 2.75) is 24.7 Å². The molecule has 0 unspecified atom stereocenters. The van der Waals surface area contributed by atoms with E-state index < -0.39 is 10.0 Å². The van der Waals surface area contributed by atoms with Crippen LogP contribution in [0.2, 0.25) is 0 Å². The van der Waals surface area contributed by atoms with E-state index in [2.05, 4.69) is 10.0 Å². The number of allylic oxidation sites excluding steroid dienone is 1. The van der Waals surface area contributed by atoms with Crippen LogP contribution >= 0.6 is 0 Å². The number of hydrogen-bond donors (Lipinski definition) is 2. The fourth-order valence-corrected chi connectivity index (χ4v) is 3.16. The number of methoxy groups -OCH3 is 1. The second-order valence-corrected chi connectivity index (χ2v) is 7.29. The van der Waals surface area contributed by atoms with E-state index in [1.165, 1.54) is 19.2 Å². The number of hydrogen-bond acceptors (Lipinski definition) is 4. The average molecular weight is 338 g/mol. The molecule has 1 aliphatic carbocycles. The highest BCUT2D eigenvalue weighted by atomic mass is 32.2. The van der Waals surface area contributed by atoms with Crippen LogP contribution in [0.4, 0.5) is 0 Å². The number of sulfonamides is 1. The Morgan fingerprint density at radius 2 is 1.91 bits per heavy atom. The molecule has 0 atom stereocenters. The molecule has 0 radical (unpaired) electrons. The molecular formula is C16H22N2O4S. The summed E-state index contributed by atoms with van der Waals surface area (Å²) in [6.45, 7) is 2.32. The first-order valence-corrected chi connectivity index (χ1v) is 9.00. The number of amides is 1. The van der Waals surface area contributed by atoms with Crippen molar-refractivity contribution >= 4 is 15.9 Å². The summed E-state index contributed by atoms with van der Waals surface area (Å²) >= 11 is 0. The molecule has 0 spiro atoms. The maximum Gasteiger partial charge on any atom is 0.243 e. The quantitative estimate of drug-likeness (QED) is 0.555. The van der Waals surface area contributed by atoms with Crippen molar-refractivity contribution in [3.05, 3.63) is 35.9 Å². The van der Waals surface area contributed by atoms with Gasteiger partial charge in [0.2, 0.25) is 15.9 Å². The first kappa shape index (κ1) is 17.5. The van der Waals surface area contributed by atoms with E-state index in [1.807, 2.05) is 6.92 Å². The zero-order valence-electron chi connectivity index (χ0n) is 13.3. The predicted octanol–water partition coefficient (Wildman–Crippen LogP) is 1.45. The number of nitrogens with one attached hydrogen (secondary N) is 2. The lowest BCUT2D eigenvalue weighted by molar-refractivity contribution is -0.116. The Labute approximate surface area is 137 Å². The number of carbonyl (C=O) groups excluding carboxylic acids is 1. The number of ether oxygens (including phenoxy) is 1. The summed E-state index contributed by atoms with van der Waals surface area (Å²) in [6.07, 6.45) is 3.89.